The highest BCUT2D eigenvalue weighted by Gasteiger charge is 2.05. The lowest BCUT2D eigenvalue weighted by molar-refractivity contribution is 0.101. The molecule has 0 bridgehead atoms. The quantitative estimate of drug-likeness (QED) is 0.842. The first-order valence-corrected chi connectivity index (χ1v) is 6.29. The first-order valence-electron chi connectivity index (χ1n) is 5.41. The first kappa shape index (κ1) is 11.8. The fourth-order valence-corrected chi connectivity index (χ4v) is 2.15. The van der Waals surface area contributed by atoms with Gasteiger partial charge in [0.2, 0.25) is 0 Å². The number of Topliss-reactive ketones (excluding diaryl/α,β-unsaturated/α-hetero) is 1. The fourth-order valence-electron chi connectivity index (χ4n) is 1.40. The van der Waals surface area contributed by atoms with E-state index < -0.39 is 0 Å². The molecule has 0 radical (unpaired) electrons. The fraction of sp³-hybridized carbons (Fsp3) is 0.231. The monoisotopic (exact) mass is 246 g/mol. The van der Waals surface area contributed by atoms with E-state index in [4.69, 9.17) is 0 Å². The second-order valence-electron chi connectivity index (χ2n) is 3.93. The Kier molecular flexibility index (Phi) is 3.54. The van der Waals surface area contributed by atoms with Gasteiger partial charge < -0.3 is 5.32 Å². The lowest BCUT2D eigenvalue weighted by Crippen LogP contribution is -2.00. The van der Waals surface area contributed by atoms with Gasteiger partial charge in [0.1, 0.15) is 5.69 Å². The Labute approximate surface area is 105 Å². The van der Waals surface area contributed by atoms with Gasteiger partial charge in [0, 0.05) is 18.8 Å². The van der Waals surface area contributed by atoms with Gasteiger partial charge in [0.25, 0.3) is 0 Å². The van der Waals surface area contributed by atoms with Crippen molar-refractivity contribution in [1.29, 1.82) is 0 Å². The van der Waals surface area contributed by atoms with Crippen LogP contribution < -0.4 is 5.32 Å². The Balaban J connectivity index is 1.97. The van der Waals surface area contributed by atoms with E-state index in [0.29, 0.717) is 5.69 Å². The second kappa shape index (κ2) is 5.10. The van der Waals surface area contributed by atoms with Gasteiger partial charge in [-0.05, 0) is 12.5 Å². The summed E-state index contributed by atoms with van der Waals surface area (Å²) in [5, 5.41) is 5.78. The average Bonchev–Trinajstić information content (AvgIpc) is 2.77. The van der Waals surface area contributed by atoms with E-state index in [9.17, 15) is 4.79 Å². The Morgan fingerprint density at radius 1 is 1.35 bits per heavy atom. The summed E-state index contributed by atoms with van der Waals surface area (Å²) in [5.74, 6) is 0.00429. The number of anilines is 1. The van der Waals surface area contributed by atoms with Gasteiger partial charge in [-0.3, -0.25) is 4.79 Å². The molecule has 1 aromatic heterocycles. The summed E-state index contributed by atoms with van der Waals surface area (Å²) in [6.45, 7) is 4.32. The van der Waals surface area contributed by atoms with Crippen LogP contribution in [0.3, 0.4) is 0 Å². The van der Waals surface area contributed by atoms with E-state index >= 15 is 0 Å². The highest BCUT2D eigenvalue weighted by Crippen LogP contribution is 2.16. The van der Waals surface area contributed by atoms with Crippen molar-refractivity contribution in [3.05, 3.63) is 46.5 Å². The number of hydrogen-bond acceptors (Lipinski definition) is 4. The number of thiazole rings is 1. The highest BCUT2D eigenvalue weighted by atomic mass is 32.1. The van der Waals surface area contributed by atoms with Crippen LogP contribution in [0.15, 0.2) is 29.6 Å². The summed E-state index contributed by atoms with van der Waals surface area (Å²) in [5.41, 5.74) is 2.98. The van der Waals surface area contributed by atoms with Crippen molar-refractivity contribution in [2.24, 2.45) is 0 Å². The van der Waals surface area contributed by atoms with Crippen molar-refractivity contribution in [2.45, 2.75) is 20.4 Å². The number of benzene rings is 1. The van der Waals surface area contributed by atoms with Crippen molar-refractivity contribution in [3.63, 3.8) is 0 Å². The third-order valence-corrected chi connectivity index (χ3v) is 3.23. The number of hydrogen-bond donors (Lipinski definition) is 1. The van der Waals surface area contributed by atoms with Crippen LogP contribution in [-0.2, 0) is 6.54 Å². The molecule has 0 atom stereocenters. The van der Waals surface area contributed by atoms with Gasteiger partial charge in [0.15, 0.2) is 10.9 Å². The normalized spacial score (nSPS) is 10.2. The van der Waals surface area contributed by atoms with Crippen molar-refractivity contribution in [1.82, 2.24) is 4.98 Å². The summed E-state index contributed by atoms with van der Waals surface area (Å²) < 4.78 is 0. The van der Waals surface area contributed by atoms with Crippen LogP contribution in [0.1, 0.15) is 28.5 Å². The van der Waals surface area contributed by atoms with Gasteiger partial charge in [-0.25, -0.2) is 4.98 Å². The van der Waals surface area contributed by atoms with E-state index in [1.807, 2.05) is 0 Å². The van der Waals surface area contributed by atoms with Gasteiger partial charge in [0.05, 0.1) is 0 Å². The van der Waals surface area contributed by atoms with Crippen molar-refractivity contribution in [2.75, 3.05) is 5.32 Å². The maximum Gasteiger partial charge on any atom is 0.183 e. The van der Waals surface area contributed by atoms with E-state index in [2.05, 4.69) is 41.5 Å². The topological polar surface area (TPSA) is 42.0 Å². The Bertz CT molecular complexity index is 516. The molecule has 0 saturated carbocycles. The average molecular weight is 246 g/mol. The van der Waals surface area contributed by atoms with Crippen LogP contribution in [0.5, 0.6) is 0 Å². The molecule has 0 amide bonds. The smallest absolute Gasteiger partial charge is 0.183 e. The minimum Gasteiger partial charge on any atom is -0.357 e. The molecular formula is C13H14N2OS. The van der Waals surface area contributed by atoms with Gasteiger partial charge in [-0.2, -0.15) is 0 Å². The van der Waals surface area contributed by atoms with Crippen molar-refractivity contribution >= 4 is 22.3 Å². The minimum absolute atomic E-state index is 0.00429. The molecule has 0 aliphatic heterocycles. The predicted octanol–water partition coefficient (Wildman–Crippen LogP) is 3.27. The van der Waals surface area contributed by atoms with E-state index in [-0.39, 0.29) is 5.78 Å². The standard InChI is InChI=1S/C13H14N2OS/c1-9-3-5-11(6-4-9)7-14-13-15-12(8-17-13)10(2)16/h3-6,8H,7H2,1-2H3,(H,14,15). The van der Waals surface area contributed by atoms with E-state index in [0.717, 1.165) is 11.7 Å². The van der Waals surface area contributed by atoms with Crippen LogP contribution in [-0.4, -0.2) is 10.8 Å². The van der Waals surface area contributed by atoms with Gasteiger partial charge in [-0.1, -0.05) is 29.8 Å². The van der Waals surface area contributed by atoms with Gasteiger partial charge >= 0.3 is 0 Å². The van der Waals surface area contributed by atoms with Crippen LogP contribution in [0.4, 0.5) is 5.13 Å². The Morgan fingerprint density at radius 3 is 2.65 bits per heavy atom. The van der Waals surface area contributed by atoms with Crippen LogP contribution in [0.2, 0.25) is 0 Å². The van der Waals surface area contributed by atoms with Gasteiger partial charge in [-0.15, -0.1) is 11.3 Å². The zero-order valence-electron chi connectivity index (χ0n) is 9.86. The Hall–Kier alpha value is -1.68. The molecule has 0 spiro atoms. The number of nitrogens with one attached hydrogen (secondary N) is 1. The molecule has 0 unspecified atom stereocenters. The number of carbonyl (C=O) groups is 1. The molecule has 0 saturated heterocycles. The Morgan fingerprint density at radius 2 is 2.06 bits per heavy atom. The largest absolute Gasteiger partial charge is 0.357 e. The van der Waals surface area contributed by atoms with Crippen LogP contribution >= 0.6 is 11.3 Å². The number of aromatic nitrogens is 1. The van der Waals surface area contributed by atoms with E-state index in [1.165, 1.54) is 29.4 Å². The number of rotatable bonds is 4. The molecule has 0 fully saturated rings. The number of ketones is 1. The third kappa shape index (κ3) is 3.14. The van der Waals surface area contributed by atoms with Crippen molar-refractivity contribution < 1.29 is 4.79 Å². The zero-order valence-corrected chi connectivity index (χ0v) is 10.7. The van der Waals surface area contributed by atoms with E-state index in [1.54, 1.807) is 5.38 Å². The number of carbonyl (C=O) groups excluding carboxylic acids is 1. The third-order valence-electron chi connectivity index (χ3n) is 2.43. The maximum absolute atomic E-state index is 11.1. The molecule has 88 valence electrons. The molecule has 1 heterocycles. The van der Waals surface area contributed by atoms with Crippen LogP contribution in [0.25, 0.3) is 0 Å². The second-order valence-corrected chi connectivity index (χ2v) is 4.79. The molecule has 4 heteroatoms. The highest BCUT2D eigenvalue weighted by molar-refractivity contribution is 7.13. The SMILES string of the molecule is CC(=O)c1csc(NCc2ccc(C)cc2)n1. The lowest BCUT2D eigenvalue weighted by atomic mass is 10.1. The summed E-state index contributed by atoms with van der Waals surface area (Å²) in [7, 11) is 0. The molecule has 0 aliphatic rings. The molecule has 1 aromatic carbocycles. The lowest BCUT2D eigenvalue weighted by Gasteiger charge is -2.02. The maximum atomic E-state index is 11.1. The summed E-state index contributed by atoms with van der Waals surface area (Å²) in [6.07, 6.45) is 0. The molecule has 2 rings (SSSR count). The zero-order chi connectivity index (χ0) is 12.3. The van der Waals surface area contributed by atoms with Crippen LogP contribution in [0, 0.1) is 6.92 Å². The molecule has 17 heavy (non-hydrogen) atoms. The summed E-state index contributed by atoms with van der Waals surface area (Å²) >= 11 is 1.46. The predicted molar refractivity (Wildman–Crippen MR) is 70.6 cm³/mol. The molecule has 2 aromatic rings. The molecule has 1 N–H and O–H groups in total. The molecule has 3 nitrogen and oxygen atoms in total. The first-order chi connectivity index (χ1) is 8.15. The number of nitrogens with zero attached hydrogens (tertiary/aromatic N) is 1. The summed E-state index contributed by atoms with van der Waals surface area (Å²) in [6, 6.07) is 8.34. The molecular weight excluding hydrogens is 232 g/mol. The number of aryl methyl sites for hydroxylation is 1. The minimum atomic E-state index is 0.00429. The van der Waals surface area contributed by atoms with Crippen molar-refractivity contribution in [3.8, 4) is 0 Å². The molecule has 0 aliphatic carbocycles. The summed E-state index contributed by atoms with van der Waals surface area (Å²) in [4.78, 5) is 15.3.